The van der Waals surface area contributed by atoms with Crippen LogP contribution >= 0.6 is 0 Å². The molecule has 2 nitrogen and oxygen atoms in total. The molecule has 1 N–H and O–H groups in total. The van der Waals surface area contributed by atoms with Gasteiger partial charge in [0, 0.05) is 0 Å². The Bertz CT molecular complexity index is 181. The second-order valence-electron chi connectivity index (χ2n) is 5.55. The lowest BCUT2D eigenvalue weighted by molar-refractivity contribution is -0.169. The van der Waals surface area contributed by atoms with Crippen molar-refractivity contribution >= 4 is 0 Å². The molecule has 0 bridgehead atoms. The highest BCUT2D eigenvalue weighted by Gasteiger charge is 2.37. The lowest BCUT2D eigenvalue weighted by Gasteiger charge is -2.41. The first-order valence-corrected chi connectivity index (χ1v) is 5.70. The SMILES string of the molecule is CC1CCC1O[C@@H](C(C)C)C(C)(C)O. The quantitative estimate of drug-likeness (QED) is 0.756. The summed E-state index contributed by atoms with van der Waals surface area (Å²) in [4.78, 5) is 0. The predicted molar refractivity (Wildman–Crippen MR) is 58.2 cm³/mol. The first kappa shape index (κ1) is 12.0. The Kier molecular flexibility index (Phi) is 3.59. The minimum Gasteiger partial charge on any atom is -0.388 e. The summed E-state index contributed by atoms with van der Waals surface area (Å²) in [6.07, 6.45) is 2.74. The van der Waals surface area contributed by atoms with E-state index in [2.05, 4.69) is 20.8 Å². The molecular weight excluding hydrogens is 176 g/mol. The average molecular weight is 200 g/mol. The van der Waals surface area contributed by atoms with Gasteiger partial charge < -0.3 is 9.84 Å². The Balaban J connectivity index is 2.52. The van der Waals surface area contributed by atoms with E-state index in [1.165, 1.54) is 6.42 Å². The lowest BCUT2D eigenvalue weighted by atomic mass is 9.82. The highest BCUT2D eigenvalue weighted by Crippen LogP contribution is 2.33. The number of hydrogen-bond acceptors (Lipinski definition) is 2. The molecule has 14 heavy (non-hydrogen) atoms. The topological polar surface area (TPSA) is 29.5 Å². The molecule has 0 aliphatic heterocycles. The molecule has 0 heterocycles. The molecular formula is C12H24O2. The van der Waals surface area contributed by atoms with E-state index in [0.717, 1.165) is 6.42 Å². The number of rotatable bonds is 4. The van der Waals surface area contributed by atoms with Crippen molar-refractivity contribution in [1.29, 1.82) is 0 Å². The van der Waals surface area contributed by atoms with E-state index in [4.69, 9.17) is 4.74 Å². The zero-order valence-electron chi connectivity index (χ0n) is 10.1. The van der Waals surface area contributed by atoms with Gasteiger partial charge in [0.05, 0.1) is 17.8 Å². The molecule has 0 radical (unpaired) electrons. The van der Waals surface area contributed by atoms with E-state index in [-0.39, 0.29) is 6.10 Å². The molecule has 1 rings (SSSR count). The van der Waals surface area contributed by atoms with Crippen LogP contribution in [0.25, 0.3) is 0 Å². The fourth-order valence-corrected chi connectivity index (χ4v) is 2.17. The Labute approximate surface area is 87.7 Å². The Hall–Kier alpha value is -0.0800. The van der Waals surface area contributed by atoms with Crippen LogP contribution in [-0.4, -0.2) is 22.9 Å². The molecule has 1 aliphatic carbocycles. The van der Waals surface area contributed by atoms with Gasteiger partial charge in [-0.2, -0.15) is 0 Å². The van der Waals surface area contributed by atoms with E-state index in [1.54, 1.807) is 0 Å². The summed E-state index contributed by atoms with van der Waals surface area (Å²) in [7, 11) is 0. The first-order valence-electron chi connectivity index (χ1n) is 5.70. The van der Waals surface area contributed by atoms with Crippen LogP contribution in [0.15, 0.2) is 0 Å². The molecule has 0 aromatic heterocycles. The third kappa shape index (κ3) is 2.71. The largest absolute Gasteiger partial charge is 0.388 e. The monoisotopic (exact) mass is 200 g/mol. The lowest BCUT2D eigenvalue weighted by Crippen LogP contribution is -2.47. The molecule has 0 aromatic carbocycles. The first-order chi connectivity index (χ1) is 6.32. The van der Waals surface area contributed by atoms with Crippen molar-refractivity contribution in [3.05, 3.63) is 0 Å². The summed E-state index contributed by atoms with van der Waals surface area (Å²) in [5, 5.41) is 9.98. The molecule has 0 aromatic rings. The van der Waals surface area contributed by atoms with Crippen LogP contribution in [0.2, 0.25) is 0 Å². The molecule has 2 heteroatoms. The van der Waals surface area contributed by atoms with Gasteiger partial charge in [-0.3, -0.25) is 0 Å². The van der Waals surface area contributed by atoms with Crippen molar-refractivity contribution in [3.8, 4) is 0 Å². The fraction of sp³-hybridized carbons (Fsp3) is 1.00. The zero-order chi connectivity index (χ0) is 10.9. The number of hydrogen-bond donors (Lipinski definition) is 1. The summed E-state index contributed by atoms with van der Waals surface area (Å²) >= 11 is 0. The maximum atomic E-state index is 9.98. The van der Waals surface area contributed by atoms with Crippen LogP contribution in [0.4, 0.5) is 0 Å². The van der Waals surface area contributed by atoms with Gasteiger partial charge in [0.15, 0.2) is 0 Å². The van der Waals surface area contributed by atoms with Crippen LogP contribution in [-0.2, 0) is 4.74 Å². The van der Waals surface area contributed by atoms with Crippen molar-refractivity contribution in [2.75, 3.05) is 0 Å². The Morgan fingerprint density at radius 3 is 2.07 bits per heavy atom. The maximum absolute atomic E-state index is 9.98. The standard InChI is InChI=1S/C12H24O2/c1-8(2)11(12(4,5)13)14-10-7-6-9(10)3/h8-11,13H,6-7H2,1-5H3/t9?,10?,11-/m0/s1. The van der Waals surface area contributed by atoms with E-state index in [9.17, 15) is 5.11 Å². The second-order valence-corrected chi connectivity index (χ2v) is 5.55. The summed E-state index contributed by atoms with van der Waals surface area (Å²) in [6, 6.07) is 0. The molecule has 1 saturated carbocycles. The molecule has 3 atom stereocenters. The minimum absolute atomic E-state index is 0.0461. The van der Waals surface area contributed by atoms with E-state index in [1.807, 2.05) is 13.8 Å². The summed E-state index contributed by atoms with van der Waals surface area (Å²) in [5.41, 5.74) is -0.733. The molecule has 0 saturated heterocycles. The maximum Gasteiger partial charge on any atom is 0.0883 e. The third-order valence-corrected chi connectivity index (χ3v) is 3.16. The summed E-state index contributed by atoms with van der Waals surface area (Å²) in [6.45, 7) is 10.1. The minimum atomic E-state index is -0.733. The number of ether oxygens (including phenoxy) is 1. The highest BCUT2D eigenvalue weighted by atomic mass is 16.5. The average Bonchev–Trinajstić information content (AvgIpc) is 1.99. The molecule has 2 unspecified atom stereocenters. The van der Waals surface area contributed by atoms with Crippen molar-refractivity contribution in [1.82, 2.24) is 0 Å². The van der Waals surface area contributed by atoms with Crippen LogP contribution in [0.1, 0.15) is 47.5 Å². The Morgan fingerprint density at radius 2 is 1.86 bits per heavy atom. The predicted octanol–water partition coefficient (Wildman–Crippen LogP) is 2.60. The second kappa shape index (κ2) is 4.19. The zero-order valence-corrected chi connectivity index (χ0v) is 10.1. The van der Waals surface area contributed by atoms with Crippen molar-refractivity contribution < 1.29 is 9.84 Å². The molecule has 1 aliphatic rings. The molecule has 0 amide bonds. The van der Waals surface area contributed by atoms with Gasteiger partial charge in [0.2, 0.25) is 0 Å². The third-order valence-electron chi connectivity index (χ3n) is 3.16. The smallest absolute Gasteiger partial charge is 0.0883 e. The van der Waals surface area contributed by atoms with Crippen LogP contribution in [0.3, 0.4) is 0 Å². The van der Waals surface area contributed by atoms with E-state index >= 15 is 0 Å². The Morgan fingerprint density at radius 1 is 1.29 bits per heavy atom. The van der Waals surface area contributed by atoms with Gasteiger partial charge in [0.25, 0.3) is 0 Å². The van der Waals surface area contributed by atoms with Crippen molar-refractivity contribution in [2.24, 2.45) is 11.8 Å². The normalized spacial score (nSPS) is 30.2. The molecule has 1 fully saturated rings. The fourth-order valence-electron chi connectivity index (χ4n) is 2.17. The van der Waals surface area contributed by atoms with Crippen LogP contribution in [0.5, 0.6) is 0 Å². The van der Waals surface area contributed by atoms with E-state index in [0.29, 0.717) is 17.9 Å². The van der Waals surface area contributed by atoms with Crippen molar-refractivity contribution in [2.45, 2.75) is 65.3 Å². The van der Waals surface area contributed by atoms with Gasteiger partial charge in [-0.25, -0.2) is 0 Å². The van der Waals surface area contributed by atoms with Gasteiger partial charge in [-0.05, 0) is 38.5 Å². The van der Waals surface area contributed by atoms with Gasteiger partial charge in [-0.1, -0.05) is 20.8 Å². The van der Waals surface area contributed by atoms with Gasteiger partial charge in [0.1, 0.15) is 0 Å². The van der Waals surface area contributed by atoms with Crippen LogP contribution < -0.4 is 0 Å². The molecule has 84 valence electrons. The summed E-state index contributed by atoms with van der Waals surface area (Å²) < 4.78 is 5.97. The van der Waals surface area contributed by atoms with Gasteiger partial charge in [-0.15, -0.1) is 0 Å². The van der Waals surface area contributed by atoms with E-state index < -0.39 is 5.60 Å². The van der Waals surface area contributed by atoms with Gasteiger partial charge >= 0.3 is 0 Å². The number of aliphatic hydroxyl groups is 1. The van der Waals surface area contributed by atoms with Crippen molar-refractivity contribution in [3.63, 3.8) is 0 Å². The highest BCUT2D eigenvalue weighted by molar-refractivity contribution is 4.86. The molecule has 0 spiro atoms. The summed E-state index contributed by atoms with van der Waals surface area (Å²) in [5.74, 6) is 1.03. The van der Waals surface area contributed by atoms with Crippen LogP contribution in [0, 0.1) is 11.8 Å².